The van der Waals surface area contributed by atoms with Crippen LogP contribution in [0.5, 0.6) is 17.2 Å². The number of esters is 1. The zero-order valence-corrected chi connectivity index (χ0v) is 14.1. The molecule has 2 rings (SSSR count). The number of ether oxygens (including phenoxy) is 3. The van der Waals surface area contributed by atoms with E-state index in [0.29, 0.717) is 21.5 Å². The first-order valence-corrected chi connectivity index (χ1v) is 7.39. The predicted octanol–water partition coefficient (Wildman–Crippen LogP) is 4.22. The van der Waals surface area contributed by atoms with Gasteiger partial charge in [-0.1, -0.05) is 0 Å². The molecular formula is C17H14BrFO4. The molecular weight excluding hydrogens is 367 g/mol. The fourth-order valence-corrected chi connectivity index (χ4v) is 2.26. The number of hydrogen-bond acceptors (Lipinski definition) is 4. The SMILES string of the molecule is COc1ccc(OC)c(/C=C/C(=O)Oc2ccc(F)cc2Br)c1. The molecule has 0 aliphatic heterocycles. The average molecular weight is 381 g/mol. The van der Waals surface area contributed by atoms with E-state index in [1.54, 1.807) is 31.4 Å². The third-order valence-corrected chi connectivity index (χ3v) is 3.56. The third-order valence-electron chi connectivity index (χ3n) is 2.94. The minimum absolute atomic E-state index is 0.235. The minimum Gasteiger partial charge on any atom is -0.497 e. The van der Waals surface area contributed by atoms with Gasteiger partial charge in [-0.3, -0.25) is 0 Å². The van der Waals surface area contributed by atoms with Crippen molar-refractivity contribution in [2.24, 2.45) is 0 Å². The van der Waals surface area contributed by atoms with Crippen molar-refractivity contribution >= 4 is 28.0 Å². The lowest BCUT2D eigenvalue weighted by Gasteiger charge is -2.07. The monoisotopic (exact) mass is 380 g/mol. The van der Waals surface area contributed by atoms with Crippen LogP contribution in [-0.4, -0.2) is 20.2 Å². The van der Waals surface area contributed by atoms with Gasteiger partial charge in [0.2, 0.25) is 0 Å². The van der Waals surface area contributed by atoms with E-state index in [4.69, 9.17) is 14.2 Å². The molecule has 0 unspecified atom stereocenters. The van der Waals surface area contributed by atoms with Crippen LogP contribution in [0.4, 0.5) is 4.39 Å². The van der Waals surface area contributed by atoms with Crippen LogP contribution in [0, 0.1) is 5.82 Å². The number of carbonyl (C=O) groups excluding carboxylic acids is 1. The zero-order chi connectivity index (χ0) is 16.8. The van der Waals surface area contributed by atoms with Crippen molar-refractivity contribution in [3.8, 4) is 17.2 Å². The maximum atomic E-state index is 13.0. The lowest BCUT2D eigenvalue weighted by molar-refractivity contribution is -0.128. The Morgan fingerprint density at radius 2 is 1.83 bits per heavy atom. The standard InChI is InChI=1S/C17H14BrFO4/c1-21-13-5-7-15(22-2)11(9-13)3-8-17(20)23-16-6-4-12(19)10-14(16)18/h3-10H,1-2H3/b8-3+. The lowest BCUT2D eigenvalue weighted by atomic mass is 10.1. The molecule has 2 aromatic carbocycles. The Bertz CT molecular complexity index is 743. The maximum absolute atomic E-state index is 13.0. The van der Waals surface area contributed by atoms with Gasteiger partial charge in [-0.2, -0.15) is 0 Å². The second-order valence-electron chi connectivity index (χ2n) is 4.44. The Morgan fingerprint density at radius 3 is 2.48 bits per heavy atom. The van der Waals surface area contributed by atoms with Crippen LogP contribution >= 0.6 is 15.9 Å². The van der Waals surface area contributed by atoms with E-state index in [1.807, 2.05) is 0 Å². The molecule has 2 aromatic rings. The van der Waals surface area contributed by atoms with Crippen LogP contribution in [0.15, 0.2) is 46.9 Å². The number of hydrogen-bond donors (Lipinski definition) is 0. The predicted molar refractivity (Wildman–Crippen MR) is 88.3 cm³/mol. The van der Waals surface area contributed by atoms with Crippen LogP contribution in [0.2, 0.25) is 0 Å². The van der Waals surface area contributed by atoms with Gasteiger partial charge in [0.15, 0.2) is 0 Å². The molecule has 4 nitrogen and oxygen atoms in total. The smallest absolute Gasteiger partial charge is 0.336 e. The average Bonchev–Trinajstić information content (AvgIpc) is 2.55. The van der Waals surface area contributed by atoms with E-state index in [9.17, 15) is 9.18 Å². The van der Waals surface area contributed by atoms with Crippen molar-refractivity contribution in [1.29, 1.82) is 0 Å². The Kier molecular flexibility index (Phi) is 5.76. The van der Waals surface area contributed by atoms with E-state index in [0.717, 1.165) is 0 Å². The topological polar surface area (TPSA) is 44.8 Å². The summed E-state index contributed by atoms with van der Waals surface area (Å²) in [7, 11) is 3.09. The van der Waals surface area contributed by atoms with E-state index < -0.39 is 11.8 Å². The molecule has 0 aliphatic carbocycles. The van der Waals surface area contributed by atoms with Crippen LogP contribution in [0.1, 0.15) is 5.56 Å². The van der Waals surface area contributed by atoms with Crippen molar-refractivity contribution in [2.75, 3.05) is 14.2 Å². The van der Waals surface area contributed by atoms with Crippen LogP contribution in [0.3, 0.4) is 0 Å². The molecule has 0 atom stereocenters. The van der Waals surface area contributed by atoms with Gasteiger partial charge in [-0.15, -0.1) is 0 Å². The van der Waals surface area contributed by atoms with Gasteiger partial charge < -0.3 is 14.2 Å². The summed E-state index contributed by atoms with van der Waals surface area (Å²) in [6, 6.07) is 9.03. The highest BCUT2D eigenvalue weighted by atomic mass is 79.9. The molecule has 0 aliphatic rings. The Hall–Kier alpha value is -2.34. The second kappa shape index (κ2) is 7.78. The van der Waals surface area contributed by atoms with Gasteiger partial charge in [0.05, 0.1) is 18.7 Å². The van der Waals surface area contributed by atoms with Crippen LogP contribution in [-0.2, 0) is 4.79 Å². The highest BCUT2D eigenvalue weighted by Crippen LogP contribution is 2.27. The Balaban J connectivity index is 2.14. The maximum Gasteiger partial charge on any atom is 0.336 e. The van der Waals surface area contributed by atoms with Gasteiger partial charge in [0.25, 0.3) is 0 Å². The van der Waals surface area contributed by atoms with E-state index in [2.05, 4.69) is 15.9 Å². The first kappa shape index (κ1) is 17.0. The molecule has 0 N–H and O–H groups in total. The summed E-state index contributed by atoms with van der Waals surface area (Å²) in [5.74, 6) is 0.451. The van der Waals surface area contributed by atoms with E-state index in [-0.39, 0.29) is 5.75 Å². The fraction of sp³-hybridized carbons (Fsp3) is 0.118. The molecule has 0 fully saturated rings. The molecule has 0 spiro atoms. The number of carbonyl (C=O) groups is 1. The number of methoxy groups -OCH3 is 2. The highest BCUT2D eigenvalue weighted by molar-refractivity contribution is 9.10. The Labute approximate surface area is 141 Å². The molecule has 120 valence electrons. The summed E-state index contributed by atoms with van der Waals surface area (Å²) in [6.07, 6.45) is 2.81. The molecule has 0 saturated heterocycles. The second-order valence-corrected chi connectivity index (χ2v) is 5.29. The van der Waals surface area contributed by atoms with Crippen molar-refractivity contribution in [3.63, 3.8) is 0 Å². The molecule has 0 aromatic heterocycles. The first-order valence-electron chi connectivity index (χ1n) is 6.60. The van der Waals surface area contributed by atoms with Gasteiger partial charge in [0, 0.05) is 11.6 Å². The molecule has 0 heterocycles. The first-order chi connectivity index (χ1) is 11.0. The molecule has 0 bridgehead atoms. The van der Waals surface area contributed by atoms with Gasteiger partial charge >= 0.3 is 5.97 Å². The van der Waals surface area contributed by atoms with Gasteiger partial charge in [0.1, 0.15) is 23.1 Å². The van der Waals surface area contributed by atoms with Crippen molar-refractivity contribution in [2.45, 2.75) is 0 Å². The van der Waals surface area contributed by atoms with E-state index >= 15 is 0 Å². The van der Waals surface area contributed by atoms with Gasteiger partial charge in [-0.25, -0.2) is 9.18 Å². The molecule has 0 radical (unpaired) electrons. The minimum atomic E-state index is -0.595. The number of benzene rings is 2. The van der Waals surface area contributed by atoms with Crippen molar-refractivity contribution in [1.82, 2.24) is 0 Å². The Morgan fingerprint density at radius 1 is 1.09 bits per heavy atom. The van der Waals surface area contributed by atoms with E-state index in [1.165, 1.54) is 31.4 Å². The van der Waals surface area contributed by atoms with Crippen LogP contribution < -0.4 is 14.2 Å². The molecule has 6 heteroatoms. The largest absolute Gasteiger partial charge is 0.497 e. The summed E-state index contributed by atoms with van der Waals surface area (Å²) in [4.78, 5) is 11.9. The molecule has 0 amide bonds. The third kappa shape index (κ3) is 4.56. The zero-order valence-electron chi connectivity index (χ0n) is 12.5. The molecule has 23 heavy (non-hydrogen) atoms. The highest BCUT2D eigenvalue weighted by Gasteiger charge is 2.07. The summed E-state index contributed by atoms with van der Waals surface area (Å²) in [6.45, 7) is 0. The number of rotatable bonds is 5. The molecule has 0 saturated carbocycles. The summed E-state index contributed by atoms with van der Waals surface area (Å²) in [5.41, 5.74) is 0.668. The summed E-state index contributed by atoms with van der Waals surface area (Å²) < 4.78 is 28.9. The fourth-order valence-electron chi connectivity index (χ4n) is 1.83. The lowest BCUT2D eigenvalue weighted by Crippen LogP contribution is -2.04. The normalized spacial score (nSPS) is 10.6. The van der Waals surface area contributed by atoms with Crippen LogP contribution in [0.25, 0.3) is 6.08 Å². The van der Waals surface area contributed by atoms with Crippen molar-refractivity contribution < 1.29 is 23.4 Å². The summed E-state index contributed by atoms with van der Waals surface area (Å²) >= 11 is 3.14. The van der Waals surface area contributed by atoms with Gasteiger partial charge in [-0.05, 0) is 58.4 Å². The quantitative estimate of drug-likeness (QED) is 0.442. The number of halogens is 2. The van der Waals surface area contributed by atoms with Crippen molar-refractivity contribution in [3.05, 3.63) is 58.3 Å². The summed E-state index contributed by atoms with van der Waals surface area (Å²) in [5, 5.41) is 0.